The number of carbonyl (C=O) groups is 2. The molecule has 9 nitrogen and oxygen atoms in total. The van der Waals surface area contributed by atoms with Gasteiger partial charge in [-0.3, -0.25) is 18.6 Å². The van der Waals surface area contributed by atoms with Gasteiger partial charge in [0.25, 0.3) is 0 Å². The summed E-state index contributed by atoms with van der Waals surface area (Å²) in [5, 5.41) is 0. The number of esters is 2. The summed E-state index contributed by atoms with van der Waals surface area (Å²) in [7, 11) is 1.42. The van der Waals surface area contributed by atoms with Crippen LogP contribution in [0.3, 0.4) is 0 Å². The monoisotopic (exact) mass is 1310 g/mol. The molecule has 0 aliphatic rings. The van der Waals surface area contributed by atoms with Crippen LogP contribution in [-0.4, -0.2) is 74.9 Å². The van der Waals surface area contributed by atoms with E-state index in [0.717, 1.165) is 180 Å². The molecule has 0 aromatic heterocycles. The Hall–Kier alpha value is -5.93. The van der Waals surface area contributed by atoms with E-state index in [4.69, 9.17) is 18.5 Å². The van der Waals surface area contributed by atoms with Crippen LogP contribution in [-0.2, 0) is 32.7 Å². The third-order valence-corrected chi connectivity index (χ3v) is 15.2. The first-order chi connectivity index (χ1) is 46.0. The van der Waals surface area contributed by atoms with E-state index in [0.29, 0.717) is 23.9 Å². The lowest BCUT2D eigenvalue weighted by atomic mass is 10.1. The first kappa shape index (κ1) is 88.1. The maximum Gasteiger partial charge on any atom is 0.472 e. The molecule has 0 saturated heterocycles. The number of carbonyl (C=O) groups excluding carboxylic acids is 2. The fourth-order valence-electron chi connectivity index (χ4n) is 8.74. The summed E-state index contributed by atoms with van der Waals surface area (Å²) in [5.74, 6) is -0.859. The smallest absolute Gasteiger partial charge is 0.462 e. The van der Waals surface area contributed by atoms with E-state index in [1.54, 1.807) is 0 Å². The lowest BCUT2D eigenvalue weighted by molar-refractivity contribution is -0.870. The second-order valence-electron chi connectivity index (χ2n) is 24.2. The fraction of sp³-hybridized carbons (Fsp3) is 0.524. The third-order valence-electron chi connectivity index (χ3n) is 14.2. The zero-order valence-corrected chi connectivity index (χ0v) is 60.5. The van der Waals surface area contributed by atoms with Crippen molar-refractivity contribution in [2.75, 3.05) is 47.5 Å². The molecule has 524 valence electrons. The summed E-state index contributed by atoms with van der Waals surface area (Å²) < 4.78 is 34.7. The van der Waals surface area contributed by atoms with Gasteiger partial charge in [0.2, 0.25) is 0 Å². The first-order valence-electron chi connectivity index (χ1n) is 36.1. The number of quaternary nitrogens is 1. The average Bonchev–Trinajstić information content (AvgIpc) is 1.57. The van der Waals surface area contributed by atoms with Crippen molar-refractivity contribution >= 4 is 19.8 Å². The number of likely N-dealkylation sites (N-methyl/N-ethyl adjacent to an activating group) is 1. The van der Waals surface area contributed by atoms with Crippen LogP contribution in [0.25, 0.3) is 0 Å². The molecular formula is C84H131NO8P+. The zero-order chi connectivity index (χ0) is 68.3. The number of rotatable bonds is 63. The molecule has 0 spiro atoms. The van der Waals surface area contributed by atoms with Crippen LogP contribution < -0.4 is 0 Å². The Labute approximate surface area is 575 Å². The van der Waals surface area contributed by atoms with Gasteiger partial charge in [-0.1, -0.05) is 290 Å². The molecule has 10 heteroatoms. The topological polar surface area (TPSA) is 108 Å². The minimum absolute atomic E-state index is 0.0114. The van der Waals surface area contributed by atoms with E-state index in [9.17, 15) is 19.0 Å². The van der Waals surface area contributed by atoms with E-state index in [1.165, 1.54) is 12.8 Å². The number of ether oxygens (including phenoxy) is 2. The van der Waals surface area contributed by atoms with Gasteiger partial charge in [0, 0.05) is 12.8 Å². The van der Waals surface area contributed by atoms with Gasteiger partial charge in [0.05, 0.1) is 27.7 Å². The van der Waals surface area contributed by atoms with E-state index in [-0.39, 0.29) is 26.1 Å². The molecule has 0 aliphatic heterocycles. The maximum atomic E-state index is 12.9. The standard InChI is InChI=1S/C84H130NO8P/c1-6-8-10-12-14-16-18-20-22-24-26-28-30-32-34-36-37-38-39-40-41-42-43-44-45-46-47-49-51-53-55-57-59-61-63-65-67-69-71-73-75-77-84(87)93-82(81-92-94(88,89)91-79-78-85(3,4)5)80-90-83(86)76-74-72-70-68-66-64-62-60-58-56-54-52-50-48-35-33-31-29-27-25-23-21-19-17-15-13-11-9-7-2/h8-11,14-17,20-23,26-29,32-35,37-38,40-41,43-44,46-47,50-53,56-59,62,64,82H,6-7,12-13,18-19,24-25,30-31,36,39,42,45,48-49,54-55,60-61,63,65-81H2,1-5H3/p+1/b10-8-,11-9-,16-14-,17-15-,22-20-,23-21-,28-26-,29-27-,34-32-,35-33-,38-37-,41-40-,44-43-,47-46-,52-50-,53-51-,58-56-,59-57-,64-62-. The summed E-state index contributed by atoms with van der Waals surface area (Å²) in [6.45, 7) is 4.13. The van der Waals surface area contributed by atoms with E-state index in [1.807, 2.05) is 21.1 Å². The van der Waals surface area contributed by atoms with Gasteiger partial charge >= 0.3 is 19.8 Å². The molecule has 94 heavy (non-hydrogen) atoms. The second kappa shape index (κ2) is 71.4. The molecular weight excluding hydrogens is 1180 g/mol. The van der Waals surface area contributed by atoms with Crippen molar-refractivity contribution in [3.63, 3.8) is 0 Å². The van der Waals surface area contributed by atoms with Crippen LogP contribution >= 0.6 is 7.82 Å². The Morgan fingerprint density at radius 2 is 0.574 bits per heavy atom. The number of unbranched alkanes of at least 4 members (excludes halogenated alkanes) is 11. The van der Waals surface area contributed by atoms with Gasteiger partial charge in [0.1, 0.15) is 19.8 Å². The van der Waals surface area contributed by atoms with Crippen LogP contribution in [0.2, 0.25) is 0 Å². The fourth-order valence-corrected chi connectivity index (χ4v) is 9.48. The second-order valence-corrected chi connectivity index (χ2v) is 25.6. The zero-order valence-electron chi connectivity index (χ0n) is 59.6. The summed E-state index contributed by atoms with van der Waals surface area (Å²) in [5.41, 5.74) is 0. The van der Waals surface area contributed by atoms with Crippen LogP contribution in [0.1, 0.15) is 232 Å². The molecule has 1 N–H and O–H groups in total. The Bertz CT molecular complexity index is 2440. The van der Waals surface area contributed by atoms with Gasteiger partial charge in [-0.25, -0.2) is 4.57 Å². The molecule has 0 bridgehead atoms. The van der Waals surface area contributed by atoms with Gasteiger partial charge < -0.3 is 18.9 Å². The number of phosphoric ester groups is 1. The molecule has 0 aliphatic carbocycles. The van der Waals surface area contributed by atoms with Gasteiger partial charge in [-0.15, -0.1) is 0 Å². The van der Waals surface area contributed by atoms with E-state index >= 15 is 0 Å². The maximum absolute atomic E-state index is 12.9. The molecule has 0 amide bonds. The van der Waals surface area contributed by atoms with Crippen molar-refractivity contribution in [1.29, 1.82) is 0 Å². The molecule has 0 aromatic rings. The highest BCUT2D eigenvalue weighted by Gasteiger charge is 2.27. The quantitative estimate of drug-likeness (QED) is 0.0211. The minimum atomic E-state index is -4.42. The molecule has 2 unspecified atom stereocenters. The van der Waals surface area contributed by atoms with Crippen molar-refractivity contribution < 1.29 is 42.1 Å². The van der Waals surface area contributed by atoms with Crippen LogP contribution in [0, 0.1) is 0 Å². The Balaban J connectivity index is 4.22. The summed E-state index contributed by atoms with van der Waals surface area (Å²) in [6, 6.07) is 0. The third kappa shape index (κ3) is 75.1. The van der Waals surface area contributed by atoms with Crippen molar-refractivity contribution in [1.82, 2.24) is 0 Å². The molecule has 0 fully saturated rings. The van der Waals surface area contributed by atoms with Crippen molar-refractivity contribution in [2.45, 2.75) is 238 Å². The summed E-state index contributed by atoms with van der Waals surface area (Å²) in [4.78, 5) is 35.9. The SMILES string of the molecule is CC/C=C\C/C=C\C/C=C\C/C=C\C/C=C\C/C=C\C/C=C\C/C=C\C/C=C\C/C=C\C/C=C\CCCCCCCCCC(=O)OC(COC(=O)CCCCCC/C=C\C/C=C\C/C=C\C/C=C\C/C=C\C/C=C\C/C=C\C/C=C\CC)COP(=O)(O)OCC[N+](C)(C)C. The lowest BCUT2D eigenvalue weighted by Crippen LogP contribution is -2.37. The molecule has 2 atom stereocenters. The van der Waals surface area contributed by atoms with Crippen LogP contribution in [0.4, 0.5) is 0 Å². The largest absolute Gasteiger partial charge is 0.472 e. The molecule has 0 aromatic carbocycles. The lowest BCUT2D eigenvalue weighted by Gasteiger charge is -2.24. The summed E-state index contributed by atoms with van der Waals surface area (Å²) >= 11 is 0. The predicted octanol–water partition coefficient (Wildman–Crippen LogP) is 24.2. The highest BCUT2D eigenvalue weighted by molar-refractivity contribution is 7.47. The van der Waals surface area contributed by atoms with Gasteiger partial charge in [0.15, 0.2) is 6.10 Å². The van der Waals surface area contributed by atoms with E-state index < -0.39 is 32.5 Å². The van der Waals surface area contributed by atoms with Crippen molar-refractivity contribution in [3.05, 3.63) is 231 Å². The molecule has 0 heterocycles. The van der Waals surface area contributed by atoms with Crippen LogP contribution in [0.5, 0.6) is 0 Å². The summed E-state index contributed by atoms with van der Waals surface area (Å²) in [6.07, 6.45) is 116. The predicted molar refractivity (Wildman–Crippen MR) is 407 cm³/mol. The Kier molecular flexibility index (Phi) is 66.9. The molecule has 0 saturated carbocycles. The highest BCUT2D eigenvalue weighted by atomic mass is 31.2. The highest BCUT2D eigenvalue weighted by Crippen LogP contribution is 2.43. The van der Waals surface area contributed by atoms with Gasteiger partial charge in [-0.2, -0.15) is 0 Å². The van der Waals surface area contributed by atoms with Crippen molar-refractivity contribution in [3.8, 4) is 0 Å². The number of hydrogen-bond donors (Lipinski definition) is 1. The number of allylic oxidation sites excluding steroid dienone is 38. The number of hydrogen-bond acceptors (Lipinski definition) is 7. The number of phosphoric acid groups is 1. The molecule has 0 radical (unpaired) electrons. The average molecular weight is 1310 g/mol. The molecule has 0 rings (SSSR count). The van der Waals surface area contributed by atoms with E-state index in [2.05, 4.69) is 245 Å². The van der Waals surface area contributed by atoms with Crippen LogP contribution in [0.15, 0.2) is 231 Å². The first-order valence-corrected chi connectivity index (χ1v) is 37.6. The van der Waals surface area contributed by atoms with Gasteiger partial charge in [-0.05, 0) is 161 Å². The van der Waals surface area contributed by atoms with Crippen molar-refractivity contribution in [2.24, 2.45) is 0 Å². The normalized spacial score (nSPS) is 14.5. The Morgan fingerprint density at radius 1 is 0.330 bits per heavy atom. The number of nitrogens with zero attached hydrogens (tertiary/aromatic N) is 1. The minimum Gasteiger partial charge on any atom is -0.462 e. The Morgan fingerprint density at radius 3 is 0.851 bits per heavy atom.